The van der Waals surface area contributed by atoms with E-state index in [9.17, 15) is 0 Å². The molecular formula is C39H52BBrN2S2. The van der Waals surface area contributed by atoms with Crippen LogP contribution in [-0.2, 0) is 6.42 Å². The first-order chi connectivity index (χ1) is 21.3. The summed E-state index contributed by atoms with van der Waals surface area (Å²) in [6.07, 6.45) is 15.4. The van der Waals surface area contributed by atoms with Gasteiger partial charge >= 0.3 is 0 Å². The highest BCUT2D eigenvalue weighted by Crippen LogP contribution is 2.32. The second-order valence-corrected chi connectivity index (χ2v) is 18.6. The van der Waals surface area contributed by atoms with Crippen LogP contribution in [0.15, 0.2) is 112 Å². The summed E-state index contributed by atoms with van der Waals surface area (Å²) in [5.41, 5.74) is 5.36. The fraction of sp³-hybridized carbons (Fsp3) is 0.410. The Morgan fingerprint density at radius 2 is 1.31 bits per heavy atom. The average Bonchev–Trinajstić information content (AvgIpc) is 3.51. The van der Waals surface area contributed by atoms with Crippen molar-refractivity contribution in [3.63, 3.8) is 0 Å². The van der Waals surface area contributed by atoms with Crippen LogP contribution < -0.4 is 10.9 Å². The van der Waals surface area contributed by atoms with Crippen LogP contribution in [0, 0.1) is 0 Å². The summed E-state index contributed by atoms with van der Waals surface area (Å²) in [7, 11) is 0. The predicted molar refractivity (Wildman–Crippen MR) is 208 cm³/mol. The minimum atomic E-state index is 0.233. The Bertz CT molecular complexity index is 1350. The van der Waals surface area contributed by atoms with Crippen LogP contribution >= 0.6 is 39.5 Å². The van der Waals surface area contributed by atoms with Crippen molar-refractivity contribution in [3.8, 4) is 5.69 Å². The highest BCUT2D eigenvalue weighted by atomic mass is 79.9. The Morgan fingerprint density at radius 3 is 1.73 bits per heavy atom. The van der Waals surface area contributed by atoms with E-state index >= 15 is 0 Å². The van der Waals surface area contributed by atoms with Crippen LogP contribution in [0.4, 0.5) is 0 Å². The maximum atomic E-state index is 4.05. The summed E-state index contributed by atoms with van der Waals surface area (Å²) in [4.78, 5) is 6.72. The normalized spacial score (nSPS) is 12.1. The smallest absolute Gasteiger partial charge is 0.213 e. The maximum Gasteiger partial charge on any atom is 0.213 e. The summed E-state index contributed by atoms with van der Waals surface area (Å²) in [6.45, 7) is 18.3. The van der Waals surface area contributed by atoms with Crippen LogP contribution in [0.1, 0.15) is 86.6 Å². The number of allylic oxidation sites excluding steroid dienone is 2. The monoisotopic (exact) mass is 702 g/mol. The molecule has 1 aromatic heterocycles. The number of hydrogen-bond donors (Lipinski definition) is 0. The van der Waals surface area contributed by atoms with Gasteiger partial charge in [-0.15, -0.1) is 23.5 Å². The molecule has 2 nitrogen and oxygen atoms in total. The van der Waals surface area contributed by atoms with Crippen molar-refractivity contribution in [2.75, 3.05) is 0 Å². The van der Waals surface area contributed by atoms with Gasteiger partial charge in [0.05, 0.1) is 6.33 Å². The van der Waals surface area contributed by atoms with Crippen LogP contribution in [0.2, 0.25) is 6.32 Å². The van der Waals surface area contributed by atoms with E-state index in [0.29, 0.717) is 6.71 Å². The molecule has 0 saturated heterocycles. The molecule has 0 amide bonds. The molecule has 3 aromatic carbocycles. The number of halogens is 1. The number of hydrogen-bond acceptors (Lipinski definition) is 3. The van der Waals surface area contributed by atoms with Crippen molar-refractivity contribution < 1.29 is 0 Å². The van der Waals surface area contributed by atoms with Gasteiger partial charge in [-0.1, -0.05) is 137 Å². The lowest BCUT2D eigenvalue weighted by atomic mass is 9.39. The Balaban J connectivity index is 0.000000276. The average molecular weight is 704 g/mol. The van der Waals surface area contributed by atoms with Gasteiger partial charge in [0.25, 0.3) is 0 Å². The van der Waals surface area contributed by atoms with Gasteiger partial charge in [0, 0.05) is 37.4 Å². The van der Waals surface area contributed by atoms with Gasteiger partial charge < -0.3 is 4.57 Å². The standard InChI is InChI=1S/C24H32BBrS2.C15H20N2/c1-18(26)16-17-25(19-8-12-21(13-9-19)27-23(2,3)4)20-10-14-22(15-11-20)28-24(5,6)7;1-2-3-4-5-6-14-7-9-15(10-8-14)17-12-11-16-13-17/h8-16H,17H2,1-7H3;7-13H,2-6H2,1H3. The SMILES string of the molecule is CC(Br)=CCB(c1ccc(SC(C)(C)C)cc1)c1ccc(SC(C)(C)C)cc1.CCCCCCc1ccc(-n2ccnc2)cc1. The molecule has 240 valence electrons. The number of rotatable bonds is 12. The minimum Gasteiger partial charge on any atom is -0.306 e. The van der Waals surface area contributed by atoms with Gasteiger partial charge in [-0.05, 0) is 72.5 Å². The maximum absolute atomic E-state index is 4.05. The molecule has 0 aliphatic rings. The van der Waals surface area contributed by atoms with Crippen molar-refractivity contribution >= 4 is 57.1 Å². The van der Waals surface area contributed by atoms with E-state index in [1.165, 1.54) is 68.6 Å². The van der Waals surface area contributed by atoms with E-state index in [1.807, 2.05) is 40.6 Å². The Kier molecular flexibility index (Phi) is 15.1. The molecule has 0 fully saturated rings. The number of imidazole rings is 1. The van der Waals surface area contributed by atoms with E-state index in [0.717, 1.165) is 6.32 Å². The quantitative estimate of drug-likeness (QED) is 0.0831. The summed E-state index contributed by atoms with van der Waals surface area (Å²) >= 11 is 7.43. The van der Waals surface area contributed by atoms with Crippen molar-refractivity contribution in [2.45, 2.75) is 113 Å². The molecule has 6 heteroatoms. The first-order valence-electron chi connectivity index (χ1n) is 16.3. The van der Waals surface area contributed by atoms with Gasteiger partial charge in [0.15, 0.2) is 0 Å². The van der Waals surface area contributed by atoms with Crippen LogP contribution in [-0.4, -0.2) is 25.8 Å². The zero-order valence-electron chi connectivity index (χ0n) is 28.6. The second kappa shape index (κ2) is 18.3. The second-order valence-electron chi connectivity index (χ2n) is 13.6. The highest BCUT2D eigenvalue weighted by molar-refractivity contribution is 9.11. The van der Waals surface area contributed by atoms with E-state index < -0.39 is 0 Å². The predicted octanol–water partition coefficient (Wildman–Crippen LogP) is 11.4. The number of unbranched alkanes of at least 4 members (excludes halogenated alkanes) is 3. The lowest BCUT2D eigenvalue weighted by Crippen LogP contribution is -2.41. The fourth-order valence-corrected chi connectivity index (χ4v) is 7.14. The van der Waals surface area contributed by atoms with Crippen molar-refractivity contribution in [1.29, 1.82) is 0 Å². The third kappa shape index (κ3) is 14.4. The molecule has 0 radical (unpaired) electrons. The van der Waals surface area contributed by atoms with Gasteiger partial charge in [-0.3, -0.25) is 0 Å². The summed E-state index contributed by atoms with van der Waals surface area (Å²) in [6, 6.07) is 27.1. The molecule has 4 aromatic rings. The van der Waals surface area contributed by atoms with Crippen molar-refractivity contribution in [1.82, 2.24) is 9.55 Å². The fourth-order valence-electron chi connectivity index (χ4n) is 4.99. The number of aryl methyl sites for hydroxylation is 1. The highest BCUT2D eigenvalue weighted by Gasteiger charge is 2.20. The molecule has 0 N–H and O–H groups in total. The topological polar surface area (TPSA) is 17.8 Å². The first-order valence-corrected chi connectivity index (χ1v) is 18.7. The van der Waals surface area contributed by atoms with Gasteiger partial charge in [0.2, 0.25) is 6.71 Å². The molecule has 1 heterocycles. The molecule has 0 aliphatic heterocycles. The lowest BCUT2D eigenvalue weighted by molar-refractivity contribution is 0.667. The molecule has 0 atom stereocenters. The molecule has 4 rings (SSSR count). The molecule has 0 bridgehead atoms. The van der Waals surface area contributed by atoms with E-state index in [2.05, 4.69) is 155 Å². The van der Waals surface area contributed by atoms with Crippen molar-refractivity contribution in [3.05, 3.63) is 108 Å². The van der Waals surface area contributed by atoms with E-state index in [-0.39, 0.29) is 9.49 Å². The largest absolute Gasteiger partial charge is 0.306 e. The zero-order chi connectivity index (χ0) is 32.9. The third-order valence-corrected chi connectivity index (χ3v) is 9.67. The number of thioether (sulfide) groups is 2. The van der Waals surface area contributed by atoms with Gasteiger partial charge in [0.1, 0.15) is 0 Å². The first kappa shape index (κ1) is 37.3. The molecule has 0 aliphatic carbocycles. The number of aromatic nitrogens is 2. The van der Waals surface area contributed by atoms with Crippen LogP contribution in [0.3, 0.4) is 0 Å². The van der Waals surface area contributed by atoms with E-state index in [1.54, 1.807) is 6.20 Å². The Hall–Kier alpha value is -2.15. The van der Waals surface area contributed by atoms with E-state index in [4.69, 9.17) is 0 Å². The zero-order valence-corrected chi connectivity index (χ0v) is 31.9. The van der Waals surface area contributed by atoms with Gasteiger partial charge in [-0.25, -0.2) is 4.98 Å². The minimum absolute atomic E-state index is 0.233. The molecule has 0 saturated carbocycles. The summed E-state index contributed by atoms with van der Waals surface area (Å²) in [5, 5.41) is 0. The lowest BCUT2D eigenvalue weighted by Gasteiger charge is -2.20. The molecule has 45 heavy (non-hydrogen) atoms. The Labute approximate surface area is 291 Å². The third-order valence-electron chi connectivity index (χ3n) is 7.11. The number of benzene rings is 3. The molecule has 0 spiro atoms. The molecule has 0 unspecified atom stereocenters. The summed E-state index contributed by atoms with van der Waals surface area (Å²) in [5.74, 6) is 0. The molecular weight excluding hydrogens is 651 g/mol. The number of nitrogens with zero attached hydrogens (tertiary/aromatic N) is 2. The van der Waals surface area contributed by atoms with Crippen molar-refractivity contribution in [2.24, 2.45) is 0 Å². The van der Waals surface area contributed by atoms with Gasteiger partial charge in [-0.2, -0.15) is 0 Å². The Morgan fingerprint density at radius 1 is 0.778 bits per heavy atom. The summed E-state index contributed by atoms with van der Waals surface area (Å²) < 4.78 is 3.69. The van der Waals surface area contributed by atoms with Crippen LogP contribution in [0.5, 0.6) is 0 Å². The van der Waals surface area contributed by atoms with Crippen LogP contribution in [0.25, 0.3) is 5.69 Å².